The molecule has 0 aromatic heterocycles. The quantitative estimate of drug-likeness (QED) is 0.253. The average molecular weight is 468 g/mol. The van der Waals surface area contributed by atoms with E-state index in [4.69, 9.17) is 4.74 Å². The molecular formula is C22H28Br2O. The van der Waals surface area contributed by atoms with Crippen LogP contribution in [0.3, 0.4) is 0 Å². The first-order chi connectivity index (χ1) is 12.2. The summed E-state index contributed by atoms with van der Waals surface area (Å²) in [6.07, 6.45) is 6.72. The number of rotatable bonds is 12. The summed E-state index contributed by atoms with van der Waals surface area (Å²) in [4.78, 5) is 1.08. The third kappa shape index (κ3) is 9.58. The molecule has 2 aromatic carbocycles. The second-order valence-corrected chi connectivity index (χ2v) is 9.06. The predicted molar refractivity (Wildman–Crippen MR) is 115 cm³/mol. The molecule has 0 heterocycles. The normalized spacial score (nSPS) is 13.5. The monoisotopic (exact) mass is 466 g/mol. The summed E-state index contributed by atoms with van der Waals surface area (Å²) < 4.78 is 5.79. The van der Waals surface area contributed by atoms with E-state index in [-0.39, 0.29) is 0 Å². The van der Waals surface area contributed by atoms with Crippen molar-refractivity contribution in [2.24, 2.45) is 0 Å². The van der Waals surface area contributed by atoms with Crippen LogP contribution in [-0.2, 0) is 17.6 Å². The fourth-order valence-electron chi connectivity index (χ4n) is 2.86. The second-order valence-electron chi connectivity index (χ2n) is 6.47. The maximum Gasteiger partial charge on any atom is 0.0466 e. The lowest BCUT2D eigenvalue weighted by molar-refractivity contribution is 0.126. The van der Waals surface area contributed by atoms with Crippen molar-refractivity contribution in [2.75, 3.05) is 13.2 Å². The molecule has 0 N–H and O–H groups in total. The fraction of sp³-hybridized carbons (Fsp3) is 0.455. The Morgan fingerprint density at radius 2 is 1.04 bits per heavy atom. The lowest BCUT2D eigenvalue weighted by Gasteiger charge is -2.11. The summed E-state index contributed by atoms with van der Waals surface area (Å²) in [5, 5.41) is 0. The van der Waals surface area contributed by atoms with E-state index in [2.05, 4.69) is 92.5 Å². The molecule has 0 aliphatic carbocycles. The van der Waals surface area contributed by atoms with Crippen molar-refractivity contribution in [1.29, 1.82) is 0 Å². The van der Waals surface area contributed by atoms with E-state index < -0.39 is 0 Å². The molecule has 1 nitrogen and oxygen atoms in total. The molecule has 0 radical (unpaired) electrons. The summed E-state index contributed by atoms with van der Waals surface area (Å²) >= 11 is 7.57. The molecule has 25 heavy (non-hydrogen) atoms. The number of alkyl halides is 2. The van der Waals surface area contributed by atoms with Gasteiger partial charge in [0.25, 0.3) is 0 Å². The third-order valence-corrected chi connectivity index (χ3v) is 5.78. The Labute approximate surface area is 169 Å². The van der Waals surface area contributed by atoms with Crippen molar-refractivity contribution in [2.45, 2.75) is 48.2 Å². The number of hydrogen-bond donors (Lipinski definition) is 0. The lowest BCUT2D eigenvalue weighted by atomic mass is 10.1. The predicted octanol–water partition coefficient (Wildman–Crippen LogP) is 6.58. The van der Waals surface area contributed by atoms with Crippen molar-refractivity contribution in [3.63, 3.8) is 0 Å². The van der Waals surface area contributed by atoms with Crippen LogP contribution in [0.15, 0.2) is 60.7 Å². The van der Waals surface area contributed by atoms with Crippen LogP contribution in [0.1, 0.15) is 36.8 Å². The van der Waals surface area contributed by atoms with Crippen molar-refractivity contribution in [3.05, 3.63) is 71.8 Å². The highest BCUT2D eigenvalue weighted by Gasteiger charge is 2.06. The molecule has 3 heteroatoms. The van der Waals surface area contributed by atoms with Gasteiger partial charge in [-0.2, -0.15) is 0 Å². The van der Waals surface area contributed by atoms with Crippen molar-refractivity contribution in [1.82, 2.24) is 0 Å². The van der Waals surface area contributed by atoms with Gasteiger partial charge >= 0.3 is 0 Å². The standard InChI is InChI=1S/C22H28Br2O/c23-21(17-19-9-3-1-4-10-19)13-7-15-25-16-8-14-22(24)18-20-11-5-2-6-12-20/h1-6,9-12,21-22H,7-8,13-18H2/t21-,22-/m1/s1. The van der Waals surface area contributed by atoms with E-state index in [1.165, 1.54) is 11.1 Å². The summed E-state index contributed by atoms with van der Waals surface area (Å²) in [6, 6.07) is 21.3. The van der Waals surface area contributed by atoms with Gasteiger partial charge in [-0.1, -0.05) is 92.5 Å². The van der Waals surface area contributed by atoms with Gasteiger partial charge in [-0.3, -0.25) is 0 Å². The van der Waals surface area contributed by atoms with E-state index in [1.54, 1.807) is 0 Å². The Morgan fingerprint density at radius 1 is 0.640 bits per heavy atom. The topological polar surface area (TPSA) is 9.23 Å². The summed E-state index contributed by atoms with van der Waals surface area (Å²) in [5.41, 5.74) is 2.79. The maximum absolute atomic E-state index is 5.79. The molecule has 0 fully saturated rings. The first-order valence-electron chi connectivity index (χ1n) is 9.18. The van der Waals surface area contributed by atoms with E-state index >= 15 is 0 Å². The number of halogens is 2. The zero-order valence-electron chi connectivity index (χ0n) is 14.7. The largest absolute Gasteiger partial charge is 0.381 e. The molecule has 0 spiro atoms. The summed E-state index contributed by atoms with van der Waals surface area (Å²) in [7, 11) is 0. The minimum atomic E-state index is 0.538. The van der Waals surface area contributed by atoms with E-state index in [0.717, 1.165) is 51.7 Å². The zero-order valence-corrected chi connectivity index (χ0v) is 17.9. The molecule has 2 rings (SSSR count). The molecule has 0 aliphatic heterocycles. The first kappa shape index (κ1) is 20.7. The summed E-state index contributed by atoms with van der Waals surface area (Å²) in [6.45, 7) is 1.73. The molecule has 0 amide bonds. The Kier molecular flexibility index (Phi) is 10.5. The van der Waals surface area contributed by atoms with Crippen LogP contribution >= 0.6 is 31.9 Å². The molecular weight excluding hydrogens is 440 g/mol. The molecule has 2 atom stereocenters. The third-order valence-electron chi connectivity index (χ3n) is 4.21. The Hall–Kier alpha value is -0.640. The van der Waals surface area contributed by atoms with Gasteiger partial charge in [-0.25, -0.2) is 0 Å². The number of hydrogen-bond acceptors (Lipinski definition) is 1. The number of ether oxygens (including phenoxy) is 1. The van der Waals surface area contributed by atoms with E-state index in [9.17, 15) is 0 Å². The Bertz CT molecular complexity index is 507. The first-order valence-corrected chi connectivity index (χ1v) is 11.0. The van der Waals surface area contributed by atoms with Crippen molar-refractivity contribution >= 4 is 31.9 Å². The smallest absolute Gasteiger partial charge is 0.0466 e. The van der Waals surface area contributed by atoms with Gasteiger partial charge in [0, 0.05) is 22.9 Å². The molecule has 136 valence electrons. The van der Waals surface area contributed by atoms with Crippen LogP contribution < -0.4 is 0 Å². The summed E-state index contributed by atoms with van der Waals surface area (Å²) in [5.74, 6) is 0. The van der Waals surface area contributed by atoms with Crippen LogP contribution in [0.25, 0.3) is 0 Å². The lowest BCUT2D eigenvalue weighted by Crippen LogP contribution is -2.07. The van der Waals surface area contributed by atoms with Gasteiger partial charge in [0.05, 0.1) is 0 Å². The van der Waals surface area contributed by atoms with Gasteiger partial charge in [0.2, 0.25) is 0 Å². The fourth-order valence-corrected chi connectivity index (χ4v) is 4.25. The average Bonchev–Trinajstić information content (AvgIpc) is 2.62. The van der Waals surface area contributed by atoms with Gasteiger partial charge in [-0.05, 0) is 49.7 Å². The molecule has 0 saturated carbocycles. The highest BCUT2D eigenvalue weighted by Crippen LogP contribution is 2.16. The van der Waals surface area contributed by atoms with Crippen LogP contribution in [0.5, 0.6) is 0 Å². The highest BCUT2D eigenvalue weighted by molar-refractivity contribution is 9.09. The van der Waals surface area contributed by atoms with Crippen LogP contribution in [-0.4, -0.2) is 22.9 Å². The molecule has 0 unspecified atom stereocenters. The minimum Gasteiger partial charge on any atom is -0.381 e. The molecule has 2 aromatic rings. The minimum absolute atomic E-state index is 0.538. The Balaban J connectivity index is 1.45. The maximum atomic E-state index is 5.79. The molecule has 0 bridgehead atoms. The van der Waals surface area contributed by atoms with Crippen LogP contribution in [0.2, 0.25) is 0 Å². The second kappa shape index (κ2) is 12.7. The highest BCUT2D eigenvalue weighted by atomic mass is 79.9. The van der Waals surface area contributed by atoms with E-state index in [1.807, 2.05) is 0 Å². The Morgan fingerprint density at radius 3 is 1.44 bits per heavy atom. The molecule has 0 aliphatic rings. The van der Waals surface area contributed by atoms with Gasteiger partial charge < -0.3 is 4.74 Å². The van der Waals surface area contributed by atoms with Gasteiger partial charge in [0.1, 0.15) is 0 Å². The van der Waals surface area contributed by atoms with E-state index in [0.29, 0.717) is 9.65 Å². The molecule has 0 saturated heterocycles. The number of benzene rings is 2. The van der Waals surface area contributed by atoms with Crippen LogP contribution in [0.4, 0.5) is 0 Å². The van der Waals surface area contributed by atoms with Crippen molar-refractivity contribution < 1.29 is 4.74 Å². The van der Waals surface area contributed by atoms with Gasteiger partial charge in [-0.15, -0.1) is 0 Å². The van der Waals surface area contributed by atoms with Gasteiger partial charge in [0.15, 0.2) is 0 Å². The van der Waals surface area contributed by atoms with Crippen LogP contribution in [0, 0.1) is 0 Å². The zero-order chi connectivity index (χ0) is 17.7. The SMILES string of the molecule is Br[C@H](CCCOCCC[C@@H](Br)Cc1ccccc1)Cc1ccccc1. The van der Waals surface area contributed by atoms with Crippen molar-refractivity contribution in [3.8, 4) is 0 Å².